The molecule has 1 saturated carbocycles. The molecule has 1 rings (SSSR count). The van der Waals surface area contributed by atoms with Gasteiger partial charge in [-0.25, -0.2) is 0 Å². The van der Waals surface area contributed by atoms with Gasteiger partial charge in [0.05, 0.1) is 6.10 Å². The molecule has 0 aromatic heterocycles. The number of hydrogen-bond acceptors (Lipinski definition) is 3. The molecule has 0 aliphatic heterocycles. The summed E-state index contributed by atoms with van der Waals surface area (Å²) in [5.41, 5.74) is -0.869. The number of rotatable bonds is 4. The van der Waals surface area contributed by atoms with Crippen LogP contribution in [0.5, 0.6) is 0 Å². The summed E-state index contributed by atoms with van der Waals surface area (Å²) in [7, 11) is 1.68. The molecule has 14 heavy (non-hydrogen) atoms. The van der Waals surface area contributed by atoms with E-state index in [9.17, 15) is 4.79 Å². The first kappa shape index (κ1) is 11.5. The van der Waals surface area contributed by atoms with Crippen molar-refractivity contribution in [3.8, 4) is 0 Å². The van der Waals surface area contributed by atoms with E-state index in [1.165, 1.54) is 0 Å². The van der Waals surface area contributed by atoms with Gasteiger partial charge in [-0.1, -0.05) is 0 Å². The fourth-order valence-corrected chi connectivity index (χ4v) is 1.90. The molecular weight excluding hydrogens is 182 g/mol. The maximum Gasteiger partial charge on any atom is 0.323 e. The highest BCUT2D eigenvalue weighted by Crippen LogP contribution is 2.23. The van der Waals surface area contributed by atoms with E-state index in [0.717, 1.165) is 19.3 Å². The van der Waals surface area contributed by atoms with Crippen molar-refractivity contribution in [3.05, 3.63) is 0 Å². The first-order valence-corrected chi connectivity index (χ1v) is 5.01. The third kappa shape index (κ3) is 2.45. The van der Waals surface area contributed by atoms with Gasteiger partial charge in [-0.2, -0.15) is 0 Å². The van der Waals surface area contributed by atoms with Crippen molar-refractivity contribution in [3.63, 3.8) is 0 Å². The lowest BCUT2D eigenvalue weighted by atomic mass is 10.0. The standard InChI is InChI=1S/C10H19NO3/c1-10(2,9(12)13)11-7-5-4-6-8(7)14-3/h7-8,11H,4-6H2,1-3H3,(H,12,13). The summed E-state index contributed by atoms with van der Waals surface area (Å²) in [6, 6.07) is 0.172. The van der Waals surface area contributed by atoms with E-state index in [-0.39, 0.29) is 12.1 Å². The van der Waals surface area contributed by atoms with E-state index < -0.39 is 11.5 Å². The fourth-order valence-electron chi connectivity index (χ4n) is 1.90. The number of ether oxygens (including phenoxy) is 1. The van der Waals surface area contributed by atoms with E-state index in [1.807, 2.05) is 0 Å². The molecule has 1 aliphatic rings. The van der Waals surface area contributed by atoms with Crippen LogP contribution in [0.1, 0.15) is 33.1 Å². The number of carboxylic acid groups (broad SMARTS) is 1. The molecule has 2 atom stereocenters. The lowest BCUT2D eigenvalue weighted by Crippen LogP contribution is -2.54. The Morgan fingerprint density at radius 1 is 1.50 bits per heavy atom. The molecular formula is C10H19NO3. The predicted molar refractivity (Wildman–Crippen MR) is 53.3 cm³/mol. The molecule has 2 unspecified atom stereocenters. The predicted octanol–water partition coefficient (Wildman–Crippen LogP) is 1.01. The van der Waals surface area contributed by atoms with Crippen molar-refractivity contribution >= 4 is 5.97 Å². The van der Waals surface area contributed by atoms with Crippen LogP contribution in [0.15, 0.2) is 0 Å². The van der Waals surface area contributed by atoms with Crippen LogP contribution < -0.4 is 5.32 Å². The Hall–Kier alpha value is -0.610. The van der Waals surface area contributed by atoms with Crippen molar-refractivity contribution in [1.29, 1.82) is 0 Å². The van der Waals surface area contributed by atoms with Crippen LogP contribution in [0.4, 0.5) is 0 Å². The molecule has 0 aromatic rings. The van der Waals surface area contributed by atoms with Gasteiger partial charge in [-0.15, -0.1) is 0 Å². The van der Waals surface area contributed by atoms with Crippen molar-refractivity contribution in [2.24, 2.45) is 0 Å². The second-order valence-corrected chi connectivity index (χ2v) is 4.39. The third-order valence-corrected chi connectivity index (χ3v) is 2.84. The highest BCUT2D eigenvalue weighted by Gasteiger charge is 2.35. The minimum Gasteiger partial charge on any atom is -0.480 e. The zero-order valence-corrected chi connectivity index (χ0v) is 9.04. The lowest BCUT2D eigenvalue weighted by Gasteiger charge is -2.28. The average molecular weight is 201 g/mol. The minimum atomic E-state index is -0.869. The van der Waals surface area contributed by atoms with Gasteiger partial charge in [0.15, 0.2) is 0 Å². The second-order valence-electron chi connectivity index (χ2n) is 4.39. The van der Waals surface area contributed by atoms with Crippen LogP contribution in [-0.2, 0) is 9.53 Å². The van der Waals surface area contributed by atoms with Gasteiger partial charge in [0, 0.05) is 13.2 Å². The average Bonchev–Trinajstić information content (AvgIpc) is 2.50. The molecule has 4 nitrogen and oxygen atoms in total. The molecule has 0 radical (unpaired) electrons. The normalized spacial score (nSPS) is 27.9. The van der Waals surface area contributed by atoms with E-state index in [4.69, 9.17) is 9.84 Å². The largest absolute Gasteiger partial charge is 0.480 e. The quantitative estimate of drug-likeness (QED) is 0.712. The van der Waals surface area contributed by atoms with Crippen LogP contribution in [0.3, 0.4) is 0 Å². The van der Waals surface area contributed by atoms with Crippen molar-refractivity contribution in [2.75, 3.05) is 7.11 Å². The van der Waals surface area contributed by atoms with Gasteiger partial charge in [0.2, 0.25) is 0 Å². The van der Waals surface area contributed by atoms with E-state index in [1.54, 1.807) is 21.0 Å². The number of hydrogen-bond donors (Lipinski definition) is 2. The zero-order chi connectivity index (χ0) is 10.8. The van der Waals surface area contributed by atoms with Gasteiger partial charge in [0.25, 0.3) is 0 Å². The van der Waals surface area contributed by atoms with Crippen LogP contribution in [0.25, 0.3) is 0 Å². The molecule has 0 aromatic carbocycles. The lowest BCUT2D eigenvalue weighted by molar-refractivity contribution is -0.144. The highest BCUT2D eigenvalue weighted by molar-refractivity contribution is 5.77. The first-order valence-electron chi connectivity index (χ1n) is 5.01. The van der Waals surface area contributed by atoms with Gasteiger partial charge >= 0.3 is 5.97 Å². The molecule has 4 heteroatoms. The highest BCUT2D eigenvalue weighted by atomic mass is 16.5. The molecule has 0 spiro atoms. The maximum atomic E-state index is 10.9. The number of carbonyl (C=O) groups is 1. The fraction of sp³-hybridized carbons (Fsp3) is 0.900. The van der Waals surface area contributed by atoms with Gasteiger partial charge < -0.3 is 9.84 Å². The van der Waals surface area contributed by atoms with Crippen LogP contribution in [-0.4, -0.2) is 35.9 Å². The third-order valence-electron chi connectivity index (χ3n) is 2.84. The maximum absolute atomic E-state index is 10.9. The Balaban J connectivity index is 2.54. The molecule has 0 amide bonds. The molecule has 1 aliphatic carbocycles. The SMILES string of the molecule is COC1CCCC1NC(C)(C)C(=O)O. The smallest absolute Gasteiger partial charge is 0.323 e. The van der Waals surface area contributed by atoms with E-state index in [2.05, 4.69) is 5.32 Å². The number of methoxy groups -OCH3 is 1. The van der Waals surface area contributed by atoms with E-state index in [0.29, 0.717) is 0 Å². The van der Waals surface area contributed by atoms with Crippen molar-refractivity contribution in [1.82, 2.24) is 5.32 Å². The summed E-state index contributed by atoms with van der Waals surface area (Å²) in [4.78, 5) is 10.9. The molecule has 0 heterocycles. The van der Waals surface area contributed by atoms with Crippen molar-refractivity contribution < 1.29 is 14.6 Å². The zero-order valence-electron chi connectivity index (χ0n) is 9.04. The Morgan fingerprint density at radius 3 is 2.64 bits per heavy atom. The van der Waals surface area contributed by atoms with E-state index >= 15 is 0 Å². The van der Waals surface area contributed by atoms with Gasteiger partial charge in [-0.05, 0) is 33.1 Å². The monoisotopic (exact) mass is 201 g/mol. The van der Waals surface area contributed by atoms with Crippen LogP contribution in [0.2, 0.25) is 0 Å². The minimum absolute atomic E-state index is 0.161. The summed E-state index contributed by atoms with van der Waals surface area (Å²) >= 11 is 0. The van der Waals surface area contributed by atoms with Gasteiger partial charge in [0.1, 0.15) is 5.54 Å². The summed E-state index contributed by atoms with van der Waals surface area (Å²) in [6.07, 6.45) is 3.28. The molecule has 0 saturated heterocycles. The molecule has 2 N–H and O–H groups in total. The van der Waals surface area contributed by atoms with Gasteiger partial charge in [-0.3, -0.25) is 10.1 Å². The number of carboxylic acids is 1. The number of nitrogens with one attached hydrogen (secondary N) is 1. The Bertz CT molecular complexity index is 215. The second kappa shape index (κ2) is 4.28. The van der Waals surface area contributed by atoms with Crippen LogP contribution >= 0.6 is 0 Å². The van der Waals surface area contributed by atoms with Crippen molar-refractivity contribution in [2.45, 2.75) is 50.8 Å². The summed E-state index contributed by atoms with van der Waals surface area (Å²) in [6.45, 7) is 3.36. The first-order chi connectivity index (χ1) is 6.47. The molecule has 0 bridgehead atoms. The number of aliphatic carboxylic acids is 1. The molecule has 82 valence electrons. The summed E-state index contributed by atoms with van der Waals surface area (Å²) < 4.78 is 5.29. The Labute approximate surface area is 84.6 Å². The summed E-state index contributed by atoms with van der Waals surface area (Å²) in [5.74, 6) is -0.820. The Morgan fingerprint density at radius 2 is 2.14 bits per heavy atom. The molecule has 1 fully saturated rings. The topological polar surface area (TPSA) is 58.6 Å². The Kier molecular flexibility index (Phi) is 3.50. The summed E-state index contributed by atoms with van der Waals surface area (Å²) in [5, 5.41) is 12.1. The van der Waals surface area contributed by atoms with Crippen LogP contribution in [0, 0.1) is 0 Å².